The highest BCUT2D eigenvalue weighted by Crippen LogP contribution is 2.34. The molecular formula is C17H19N3O2. The van der Waals surface area contributed by atoms with Crippen molar-refractivity contribution in [2.45, 2.75) is 44.4 Å². The van der Waals surface area contributed by atoms with Gasteiger partial charge in [0.05, 0.1) is 0 Å². The summed E-state index contributed by atoms with van der Waals surface area (Å²) in [5, 5.41) is 7.05. The third kappa shape index (κ3) is 2.75. The number of aromatic nitrogens is 2. The summed E-state index contributed by atoms with van der Waals surface area (Å²) in [6.45, 7) is 0. The molecule has 114 valence electrons. The van der Waals surface area contributed by atoms with Crippen molar-refractivity contribution in [2.24, 2.45) is 5.92 Å². The van der Waals surface area contributed by atoms with E-state index in [1.165, 1.54) is 12.8 Å². The third-order valence-electron chi connectivity index (χ3n) is 4.48. The van der Waals surface area contributed by atoms with E-state index in [4.69, 9.17) is 4.52 Å². The van der Waals surface area contributed by atoms with Crippen LogP contribution >= 0.6 is 0 Å². The molecule has 2 aliphatic carbocycles. The number of hydrogen-bond donors (Lipinski definition) is 1. The van der Waals surface area contributed by atoms with Crippen LogP contribution in [0.15, 0.2) is 28.8 Å². The van der Waals surface area contributed by atoms with Gasteiger partial charge in [-0.25, -0.2) is 0 Å². The zero-order valence-corrected chi connectivity index (χ0v) is 12.4. The number of nitrogens with zero attached hydrogens (tertiary/aromatic N) is 2. The van der Waals surface area contributed by atoms with Crippen molar-refractivity contribution in [1.82, 2.24) is 10.1 Å². The van der Waals surface area contributed by atoms with Crippen molar-refractivity contribution in [3.8, 4) is 11.4 Å². The molecule has 0 radical (unpaired) electrons. The van der Waals surface area contributed by atoms with E-state index in [0.717, 1.165) is 42.8 Å². The number of benzene rings is 1. The Morgan fingerprint density at radius 3 is 2.77 bits per heavy atom. The summed E-state index contributed by atoms with van der Waals surface area (Å²) in [6.07, 6.45) is 6.76. The van der Waals surface area contributed by atoms with Gasteiger partial charge in [-0.05, 0) is 37.8 Å². The Balaban J connectivity index is 1.52. The summed E-state index contributed by atoms with van der Waals surface area (Å²) in [5.41, 5.74) is 1.67. The van der Waals surface area contributed by atoms with Crippen molar-refractivity contribution < 1.29 is 9.32 Å². The van der Waals surface area contributed by atoms with Gasteiger partial charge in [0.1, 0.15) is 0 Å². The molecule has 0 atom stereocenters. The van der Waals surface area contributed by atoms with Crippen LogP contribution in [0.3, 0.4) is 0 Å². The number of amides is 1. The number of anilines is 1. The maximum Gasteiger partial charge on any atom is 0.230 e. The van der Waals surface area contributed by atoms with Crippen molar-refractivity contribution in [3.05, 3.63) is 30.2 Å². The second kappa shape index (κ2) is 5.55. The monoisotopic (exact) mass is 297 g/mol. The zero-order chi connectivity index (χ0) is 14.9. The maximum atomic E-state index is 11.8. The first-order valence-corrected chi connectivity index (χ1v) is 8.04. The van der Waals surface area contributed by atoms with Crippen molar-refractivity contribution in [3.63, 3.8) is 0 Å². The average Bonchev–Trinajstić information content (AvgIpc) is 3.04. The molecule has 22 heavy (non-hydrogen) atoms. The van der Waals surface area contributed by atoms with Gasteiger partial charge >= 0.3 is 0 Å². The van der Waals surface area contributed by atoms with Crippen LogP contribution in [-0.2, 0) is 4.79 Å². The second-order valence-corrected chi connectivity index (χ2v) is 6.28. The quantitative estimate of drug-likeness (QED) is 0.933. The molecule has 1 amide bonds. The predicted octanol–water partition coefficient (Wildman–Crippen LogP) is 3.74. The van der Waals surface area contributed by atoms with Crippen molar-refractivity contribution in [1.29, 1.82) is 0 Å². The van der Waals surface area contributed by atoms with E-state index in [-0.39, 0.29) is 11.8 Å². The molecule has 0 unspecified atom stereocenters. The van der Waals surface area contributed by atoms with Crippen LogP contribution < -0.4 is 5.32 Å². The highest BCUT2D eigenvalue weighted by atomic mass is 16.5. The third-order valence-corrected chi connectivity index (χ3v) is 4.48. The number of carbonyl (C=O) groups excluding carboxylic acids is 1. The minimum absolute atomic E-state index is 0.108. The molecule has 2 fully saturated rings. The molecule has 2 aliphatic rings. The van der Waals surface area contributed by atoms with Gasteiger partial charge in [-0.1, -0.05) is 30.1 Å². The highest BCUT2D eigenvalue weighted by molar-refractivity contribution is 5.94. The van der Waals surface area contributed by atoms with Gasteiger partial charge in [-0.3, -0.25) is 4.79 Å². The van der Waals surface area contributed by atoms with Crippen LogP contribution in [-0.4, -0.2) is 16.0 Å². The van der Waals surface area contributed by atoms with Crippen LogP contribution in [0.1, 0.15) is 50.3 Å². The molecule has 1 heterocycles. The molecular weight excluding hydrogens is 278 g/mol. The topological polar surface area (TPSA) is 68.0 Å². The smallest absolute Gasteiger partial charge is 0.230 e. The lowest BCUT2D eigenvalue weighted by Gasteiger charge is -2.05. The molecule has 0 aliphatic heterocycles. The Labute approximate surface area is 129 Å². The Hall–Kier alpha value is -2.17. The van der Waals surface area contributed by atoms with E-state index in [9.17, 15) is 4.79 Å². The molecule has 5 heteroatoms. The summed E-state index contributed by atoms with van der Waals surface area (Å²) >= 11 is 0. The first-order valence-electron chi connectivity index (χ1n) is 8.04. The number of carbonyl (C=O) groups is 1. The maximum absolute atomic E-state index is 11.8. The summed E-state index contributed by atoms with van der Waals surface area (Å²) in [7, 11) is 0. The van der Waals surface area contributed by atoms with Crippen LogP contribution in [0.25, 0.3) is 11.4 Å². The van der Waals surface area contributed by atoms with Crippen LogP contribution in [0, 0.1) is 5.92 Å². The summed E-state index contributed by atoms with van der Waals surface area (Å²) in [5.74, 6) is 2.07. The van der Waals surface area contributed by atoms with Crippen LogP contribution in [0.4, 0.5) is 5.69 Å². The summed E-state index contributed by atoms with van der Waals surface area (Å²) < 4.78 is 5.42. The Bertz CT molecular complexity index is 685. The average molecular weight is 297 g/mol. The van der Waals surface area contributed by atoms with Crippen molar-refractivity contribution >= 4 is 11.6 Å². The zero-order valence-electron chi connectivity index (χ0n) is 12.4. The fraction of sp³-hybridized carbons (Fsp3) is 0.471. The summed E-state index contributed by atoms with van der Waals surface area (Å²) in [4.78, 5) is 16.4. The van der Waals surface area contributed by atoms with E-state index < -0.39 is 0 Å². The first kappa shape index (κ1) is 13.5. The van der Waals surface area contributed by atoms with Gasteiger partial charge in [0.25, 0.3) is 0 Å². The Kier molecular flexibility index (Phi) is 3.41. The molecule has 2 aromatic rings. The van der Waals surface area contributed by atoms with Crippen LogP contribution in [0.5, 0.6) is 0 Å². The Morgan fingerprint density at radius 1 is 1.18 bits per heavy atom. The second-order valence-electron chi connectivity index (χ2n) is 6.28. The minimum Gasteiger partial charge on any atom is -0.339 e. The van der Waals surface area contributed by atoms with Gasteiger partial charge < -0.3 is 9.84 Å². The number of hydrogen-bond acceptors (Lipinski definition) is 4. The van der Waals surface area contributed by atoms with Gasteiger partial charge in [0.2, 0.25) is 17.6 Å². The largest absolute Gasteiger partial charge is 0.339 e. The van der Waals surface area contributed by atoms with E-state index in [2.05, 4.69) is 15.5 Å². The van der Waals surface area contributed by atoms with E-state index >= 15 is 0 Å². The molecule has 2 saturated carbocycles. The fourth-order valence-electron chi connectivity index (χ4n) is 3.02. The lowest BCUT2D eigenvalue weighted by Crippen LogP contribution is -2.13. The number of nitrogens with one attached hydrogen (secondary N) is 1. The predicted molar refractivity (Wildman–Crippen MR) is 82.3 cm³/mol. The standard InChI is InChI=1S/C17H19N3O2/c21-16(11-8-9-11)18-14-7-3-6-13(10-14)15-19-17(22-20-15)12-4-1-2-5-12/h3,6-7,10-12H,1-2,4-5,8-9H2,(H,18,21). The lowest BCUT2D eigenvalue weighted by atomic mass is 10.1. The van der Waals surface area contributed by atoms with Crippen molar-refractivity contribution in [2.75, 3.05) is 5.32 Å². The van der Waals surface area contributed by atoms with E-state index in [1.54, 1.807) is 0 Å². The molecule has 5 nitrogen and oxygen atoms in total. The minimum atomic E-state index is 0.108. The molecule has 4 rings (SSSR count). The molecule has 1 aromatic heterocycles. The van der Waals surface area contributed by atoms with Gasteiger partial charge in [-0.15, -0.1) is 0 Å². The molecule has 1 aromatic carbocycles. The lowest BCUT2D eigenvalue weighted by molar-refractivity contribution is -0.117. The van der Waals surface area contributed by atoms with Gasteiger partial charge in [0, 0.05) is 23.1 Å². The molecule has 0 spiro atoms. The van der Waals surface area contributed by atoms with Gasteiger partial charge in [0.15, 0.2) is 0 Å². The first-order chi connectivity index (χ1) is 10.8. The molecule has 0 saturated heterocycles. The highest BCUT2D eigenvalue weighted by Gasteiger charge is 2.29. The normalized spacial score (nSPS) is 18.5. The van der Waals surface area contributed by atoms with Gasteiger partial charge in [-0.2, -0.15) is 4.98 Å². The summed E-state index contributed by atoms with van der Waals surface area (Å²) in [6, 6.07) is 7.64. The van der Waals surface area contributed by atoms with E-state index in [0.29, 0.717) is 11.7 Å². The van der Waals surface area contributed by atoms with E-state index in [1.807, 2.05) is 24.3 Å². The fourth-order valence-corrected chi connectivity index (χ4v) is 3.02. The Morgan fingerprint density at radius 2 is 2.00 bits per heavy atom. The molecule has 0 bridgehead atoms. The number of rotatable bonds is 4. The van der Waals surface area contributed by atoms with Crippen LogP contribution in [0.2, 0.25) is 0 Å². The molecule has 1 N–H and O–H groups in total. The SMILES string of the molecule is O=C(Nc1cccc(-c2noc(C3CCCC3)n2)c1)C1CC1.